The zero-order valence-corrected chi connectivity index (χ0v) is 11.3. The largest absolute Gasteiger partial charge is 0.497 e. The number of halogens is 1. The molecule has 0 spiro atoms. The minimum absolute atomic E-state index is 0.0780. The molecule has 0 bridgehead atoms. The first-order valence-corrected chi connectivity index (χ1v) is 6.37. The van der Waals surface area contributed by atoms with Gasteiger partial charge in [-0.1, -0.05) is 15.9 Å². The summed E-state index contributed by atoms with van der Waals surface area (Å²) in [6.45, 7) is 0. The molecule has 0 aromatic heterocycles. The Hall–Kier alpha value is -1.18. The van der Waals surface area contributed by atoms with Crippen molar-refractivity contribution in [1.29, 1.82) is 0 Å². The van der Waals surface area contributed by atoms with E-state index in [-0.39, 0.29) is 11.3 Å². The predicted molar refractivity (Wildman–Crippen MR) is 69.0 cm³/mol. The number of methoxy groups -OCH3 is 1. The monoisotopic (exact) mass is 319 g/mol. The number of alkyl halides is 1. The molecule has 0 heterocycles. The quantitative estimate of drug-likeness (QED) is 0.473. The smallest absolute Gasteiger partial charge is 0.279 e. The summed E-state index contributed by atoms with van der Waals surface area (Å²) < 4.78 is 4.89. The SMILES string of the molecule is COc1ccc(C(O)C(O)CCBr)c([N+](=O)[O-])c1. The summed E-state index contributed by atoms with van der Waals surface area (Å²) in [6, 6.07) is 4.12. The average molecular weight is 320 g/mol. The van der Waals surface area contributed by atoms with Crippen molar-refractivity contribution in [2.45, 2.75) is 18.6 Å². The molecule has 0 aliphatic heterocycles. The van der Waals surface area contributed by atoms with Crippen molar-refractivity contribution >= 4 is 21.6 Å². The fraction of sp³-hybridized carbons (Fsp3) is 0.455. The number of aliphatic hydroxyl groups is 2. The molecule has 0 radical (unpaired) electrons. The van der Waals surface area contributed by atoms with Crippen LogP contribution >= 0.6 is 15.9 Å². The lowest BCUT2D eigenvalue weighted by atomic mass is 10.0. The van der Waals surface area contributed by atoms with E-state index in [1.54, 1.807) is 0 Å². The van der Waals surface area contributed by atoms with Gasteiger partial charge in [-0.2, -0.15) is 0 Å². The van der Waals surface area contributed by atoms with Gasteiger partial charge in [-0.05, 0) is 18.6 Å². The van der Waals surface area contributed by atoms with Gasteiger partial charge < -0.3 is 14.9 Å². The summed E-state index contributed by atoms with van der Waals surface area (Å²) in [4.78, 5) is 10.3. The van der Waals surface area contributed by atoms with E-state index in [2.05, 4.69) is 15.9 Å². The van der Waals surface area contributed by atoms with E-state index in [4.69, 9.17) is 4.74 Å². The zero-order chi connectivity index (χ0) is 13.7. The van der Waals surface area contributed by atoms with Crippen LogP contribution in [0.25, 0.3) is 0 Å². The number of hydrogen-bond acceptors (Lipinski definition) is 5. The summed E-state index contributed by atoms with van der Waals surface area (Å²) >= 11 is 3.14. The number of benzene rings is 1. The van der Waals surface area contributed by atoms with Crippen LogP contribution in [0.15, 0.2) is 18.2 Å². The Kier molecular flexibility index (Phi) is 5.52. The molecule has 0 aliphatic rings. The van der Waals surface area contributed by atoms with E-state index in [0.717, 1.165) is 0 Å². The van der Waals surface area contributed by atoms with E-state index in [1.165, 1.54) is 25.3 Å². The third-order valence-electron chi connectivity index (χ3n) is 2.52. The molecule has 2 unspecified atom stereocenters. The number of ether oxygens (including phenoxy) is 1. The van der Waals surface area contributed by atoms with Gasteiger partial charge in [0, 0.05) is 5.33 Å². The van der Waals surface area contributed by atoms with Crippen LogP contribution in [-0.4, -0.2) is 33.7 Å². The third kappa shape index (κ3) is 3.41. The molecule has 0 amide bonds. The van der Waals surface area contributed by atoms with Gasteiger partial charge in [0.05, 0.1) is 29.8 Å². The van der Waals surface area contributed by atoms with Crippen molar-refractivity contribution in [3.05, 3.63) is 33.9 Å². The van der Waals surface area contributed by atoms with Crippen LogP contribution in [0, 0.1) is 10.1 Å². The lowest BCUT2D eigenvalue weighted by Gasteiger charge is -2.17. The normalized spacial score (nSPS) is 14.0. The van der Waals surface area contributed by atoms with Gasteiger partial charge in [0.1, 0.15) is 11.9 Å². The second kappa shape index (κ2) is 6.67. The van der Waals surface area contributed by atoms with Gasteiger partial charge in [0.25, 0.3) is 5.69 Å². The fourth-order valence-electron chi connectivity index (χ4n) is 1.54. The van der Waals surface area contributed by atoms with E-state index < -0.39 is 17.1 Å². The number of nitro benzene ring substituents is 1. The highest BCUT2D eigenvalue weighted by Gasteiger charge is 2.26. The molecule has 100 valence electrons. The Balaban J connectivity index is 3.10. The highest BCUT2D eigenvalue weighted by atomic mass is 79.9. The van der Waals surface area contributed by atoms with Gasteiger partial charge in [-0.3, -0.25) is 10.1 Å². The maximum atomic E-state index is 10.9. The Morgan fingerprint density at radius 2 is 2.17 bits per heavy atom. The predicted octanol–water partition coefficient (Wildman–Crippen LogP) is 1.78. The third-order valence-corrected chi connectivity index (χ3v) is 2.98. The van der Waals surface area contributed by atoms with Crippen LogP contribution in [0.2, 0.25) is 0 Å². The minimum Gasteiger partial charge on any atom is -0.497 e. The molecule has 2 atom stereocenters. The molecule has 1 aromatic carbocycles. The Morgan fingerprint density at radius 1 is 1.50 bits per heavy atom. The summed E-state index contributed by atoms with van der Waals surface area (Å²) in [7, 11) is 1.40. The molecular formula is C11H14BrNO5. The summed E-state index contributed by atoms with van der Waals surface area (Å²) in [5.74, 6) is 0.327. The summed E-state index contributed by atoms with van der Waals surface area (Å²) in [5, 5.41) is 31.0. The van der Waals surface area contributed by atoms with Crippen LogP contribution in [0.3, 0.4) is 0 Å². The fourth-order valence-corrected chi connectivity index (χ4v) is 2.00. The van der Waals surface area contributed by atoms with Gasteiger partial charge in [-0.25, -0.2) is 0 Å². The Labute approximate surface area is 112 Å². The Bertz CT molecular complexity index is 426. The van der Waals surface area contributed by atoms with Gasteiger partial charge in [0.2, 0.25) is 0 Å². The first-order chi connectivity index (χ1) is 8.51. The van der Waals surface area contributed by atoms with Gasteiger partial charge in [0.15, 0.2) is 0 Å². The Morgan fingerprint density at radius 3 is 2.67 bits per heavy atom. The molecule has 0 fully saturated rings. The van der Waals surface area contributed by atoms with E-state index in [0.29, 0.717) is 17.5 Å². The van der Waals surface area contributed by atoms with Crippen molar-refractivity contribution in [1.82, 2.24) is 0 Å². The number of rotatable bonds is 6. The molecular weight excluding hydrogens is 306 g/mol. The number of nitro groups is 1. The van der Waals surface area contributed by atoms with Crippen LogP contribution in [0.4, 0.5) is 5.69 Å². The first-order valence-electron chi connectivity index (χ1n) is 5.25. The lowest BCUT2D eigenvalue weighted by molar-refractivity contribution is -0.386. The minimum atomic E-state index is -1.30. The standard InChI is InChI=1S/C11H14BrNO5/c1-18-7-2-3-8(9(6-7)13(16)17)11(15)10(14)4-5-12/h2-3,6,10-11,14-15H,4-5H2,1H3. The van der Waals surface area contributed by atoms with Crippen LogP contribution in [0.1, 0.15) is 18.1 Å². The van der Waals surface area contributed by atoms with Crippen molar-refractivity contribution in [3.8, 4) is 5.75 Å². The lowest BCUT2D eigenvalue weighted by Crippen LogP contribution is -2.19. The topological polar surface area (TPSA) is 92.8 Å². The number of hydrogen-bond donors (Lipinski definition) is 2. The molecule has 1 rings (SSSR count). The highest BCUT2D eigenvalue weighted by Crippen LogP contribution is 2.31. The van der Waals surface area contributed by atoms with Crippen molar-refractivity contribution in [3.63, 3.8) is 0 Å². The van der Waals surface area contributed by atoms with Crippen LogP contribution in [-0.2, 0) is 0 Å². The van der Waals surface area contributed by atoms with Gasteiger partial charge in [-0.15, -0.1) is 0 Å². The molecule has 0 saturated carbocycles. The molecule has 0 aliphatic carbocycles. The molecule has 0 saturated heterocycles. The highest BCUT2D eigenvalue weighted by molar-refractivity contribution is 9.09. The van der Waals surface area contributed by atoms with Crippen molar-refractivity contribution in [2.24, 2.45) is 0 Å². The van der Waals surface area contributed by atoms with E-state index in [9.17, 15) is 20.3 Å². The number of aliphatic hydroxyl groups excluding tert-OH is 2. The van der Waals surface area contributed by atoms with E-state index in [1.807, 2.05) is 0 Å². The first kappa shape index (κ1) is 14.9. The van der Waals surface area contributed by atoms with Gasteiger partial charge >= 0.3 is 0 Å². The molecule has 18 heavy (non-hydrogen) atoms. The van der Waals surface area contributed by atoms with Crippen molar-refractivity contribution < 1.29 is 19.9 Å². The zero-order valence-electron chi connectivity index (χ0n) is 9.75. The maximum absolute atomic E-state index is 10.9. The molecule has 7 heteroatoms. The van der Waals surface area contributed by atoms with Crippen LogP contribution < -0.4 is 4.74 Å². The number of nitrogens with zero attached hydrogens (tertiary/aromatic N) is 1. The second-order valence-corrected chi connectivity index (χ2v) is 4.46. The second-order valence-electron chi connectivity index (χ2n) is 3.67. The molecule has 2 N–H and O–H groups in total. The molecule has 6 nitrogen and oxygen atoms in total. The van der Waals surface area contributed by atoms with Crippen LogP contribution in [0.5, 0.6) is 5.75 Å². The summed E-state index contributed by atoms with van der Waals surface area (Å²) in [6.07, 6.45) is -2.06. The molecule has 1 aromatic rings. The average Bonchev–Trinajstić information content (AvgIpc) is 2.37. The van der Waals surface area contributed by atoms with E-state index >= 15 is 0 Å². The van der Waals surface area contributed by atoms with Crippen molar-refractivity contribution in [2.75, 3.05) is 12.4 Å². The maximum Gasteiger partial charge on any atom is 0.279 e. The summed E-state index contributed by atoms with van der Waals surface area (Å²) in [5.41, 5.74) is -0.190.